The minimum atomic E-state index is 0.646. The summed E-state index contributed by atoms with van der Waals surface area (Å²) in [4.78, 5) is 0. The van der Waals surface area contributed by atoms with Gasteiger partial charge in [-0.3, -0.25) is 0 Å². The summed E-state index contributed by atoms with van der Waals surface area (Å²) in [7, 11) is 2.00. The summed E-state index contributed by atoms with van der Waals surface area (Å²) in [6.45, 7) is 5.89. The zero-order valence-corrected chi connectivity index (χ0v) is 6.48. The standard InChI is InChI=1S/C8H17N/c1-4-6-8(9-3)7-5-2/h4,8-9H,1,5-7H2,2-3H3. The second-order valence-electron chi connectivity index (χ2n) is 2.30. The highest BCUT2D eigenvalue weighted by Crippen LogP contribution is 2.00. The lowest BCUT2D eigenvalue weighted by Crippen LogP contribution is -2.23. The smallest absolute Gasteiger partial charge is 0.00983 e. The molecule has 0 amide bonds. The maximum absolute atomic E-state index is 3.69. The van der Waals surface area contributed by atoms with Gasteiger partial charge in [0.15, 0.2) is 0 Å². The fourth-order valence-corrected chi connectivity index (χ4v) is 0.930. The molecule has 0 aliphatic rings. The minimum absolute atomic E-state index is 0.646. The predicted octanol–water partition coefficient (Wildman–Crippen LogP) is 1.95. The lowest BCUT2D eigenvalue weighted by molar-refractivity contribution is 0.522. The molecule has 0 saturated carbocycles. The Labute approximate surface area is 58.2 Å². The molecule has 0 aliphatic carbocycles. The Morgan fingerprint density at radius 3 is 2.67 bits per heavy atom. The summed E-state index contributed by atoms with van der Waals surface area (Å²) in [5, 5.41) is 3.23. The Hall–Kier alpha value is -0.300. The third kappa shape index (κ3) is 4.22. The van der Waals surface area contributed by atoms with Crippen LogP contribution in [0.25, 0.3) is 0 Å². The van der Waals surface area contributed by atoms with Gasteiger partial charge in [-0.1, -0.05) is 19.4 Å². The van der Waals surface area contributed by atoms with Crippen molar-refractivity contribution in [3.8, 4) is 0 Å². The number of rotatable bonds is 5. The highest BCUT2D eigenvalue weighted by molar-refractivity contribution is 4.76. The van der Waals surface area contributed by atoms with Crippen molar-refractivity contribution in [3.63, 3.8) is 0 Å². The maximum atomic E-state index is 3.69. The highest BCUT2D eigenvalue weighted by atomic mass is 14.9. The van der Waals surface area contributed by atoms with Crippen LogP contribution in [0, 0.1) is 0 Å². The van der Waals surface area contributed by atoms with Crippen molar-refractivity contribution >= 4 is 0 Å². The highest BCUT2D eigenvalue weighted by Gasteiger charge is 1.99. The van der Waals surface area contributed by atoms with Crippen LogP contribution < -0.4 is 5.32 Å². The van der Waals surface area contributed by atoms with Gasteiger partial charge in [-0.2, -0.15) is 0 Å². The molecule has 0 saturated heterocycles. The third-order valence-corrected chi connectivity index (χ3v) is 1.50. The SMILES string of the molecule is C=CCC(CCC)NC. The zero-order chi connectivity index (χ0) is 7.11. The van der Waals surface area contributed by atoms with E-state index in [1.165, 1.54) is 12.8 Å². The Kier molecular flexibility index (Phi) is 5.64. The van der Waals surface area contributed by atoms with E-state index < -0.39 is 0 Å². The first-order valence-corrected chi connectivity index (χ1v) is 3.63. The lowest BCUT2D eigenvalue weighted by Gasteiger charge is -2.11. The average molecular weight is 127 g/mol. The molecule has 0 bridgehead atoms. The fraction of sp³-hybridized carbons (Fsp3) is 0.750. The number of hydrogen-bond acceptors (Lipinski definition) is 1. The summed E-state index contributed by atoms with van der Waals surface area (Å²) in [6.07, 6.45) is 5.56. The first kappa shape index (κ1) is 8.70. The summed E-state index contributed by atoms with van der Waals surface area (Å²) in [5.41, 5.74) is 0. The van der Waals surface area contributed by atoms with E-state index >= 15 is 0 Å². The molecule has 1 N–H and O–H groups in total. The summed E-state index contributed by atoms with van der Waals surface area (Å²) < 4.78 is 0. The first-order chi connectivity index (χ1) is 4.35. The topological polar surface area (TPSA) is 12.0 Å². The van der Waals surface area contributed by atoms with Crippen molar-refractivity contribution in [2.45, 2.75) is 32.2 Å². The van der Waals surface area contributed by atoms with E-state index in [1.807, 2.05) is 13.1 Å². The molecule has 1 unspecified atom stereocenters. The van der Waals surface area contributed by atoms with Gasteiger partial charge in [-0.05, 0) is 19.9 Å². The molecule has 1 nitrogen and oxygen atoms in total. The molecule has 0 spiro atoms. The molecular weight excluding hydrogens is 110 g/mol. The van der Waals surface area contributed by atoms with Gasteiger partial charge >= 0.3 is 0 Å². The largest absolute Gasteiger partial charge is 0.317 e. The third-order valence-electron chi connectivity index (χ3n) is 1.50. The molecule has 0 heterocycles. The number of hydrogen-bond donors (Lipinski definition) is 1. The molecule has 0 aromatic carbocycles. The van der Waals surface area contributed by atoms with Crippen LogP contribution in [0.4, 0.5) is 0 Å². The van der Waals surface area contributed by atoms with Crippen LogP contribution in [-0.2, 0) is 0 Å². The van der Waals surface area contributed by atoms with Crippen molar-refractivity contribution in [3.05, 3.63) is 12.7 Å². The van der Waals surface area contributed by atoms with E-state index in [0.717, 1.165) is 6.42 Å². The van der Waals surface area contributed by atoms with Crippen LogP contribution in [0.3, 0.4) is 0 Å². The molecule has 0 fully saturated rings. The molecule has 54 valence electrons. The Balaban J connectivity index is 3.28. The normalized spacial score (nSPS) is 13.1. The van der Waals surface area contributed by atoms with E-state index in [4.69, 9.17) is 0 Å². The quantitative estimate of drug-likeness (QED) is 0.557. The molecule has 0 aromatic heterocycles. The molecule has 9 heavy (non-hydrogen) atoms. The van der Waals surface area contributed by atoms with Gasteiger partial charge in [0.25, 0.3) is 0 Å². The maximum Gasteiger partial charge on any atom is 0.00983 e. The van der Waals surface area contributed by atoms with Crippen LogP contribution >= 0.6 is 0 Å². The second-order valence-corrected chi connectivity index (χ2v) is 2.30. The van der Waals surface area contributed by atoms with E-state index in [9.17, 15) is 0 Å². The Morgan fingerprint density at radius 2 is 2.33 bits per heavy atom. The second kappa shape index (κ2) is 5.83. The van der Waals surface area contributed by atoms with Crippen molar-refractivity contribution in [1.29, 1.82) is 0 Å². The van der Waals surface area contributed by atoms with Crippen molar-refractivity contribution in [2.75, 3.05) is 7.05 Å². The van der Waals surface area contributed by atoms with E-state index in [2.05, 4.69) is 18.8 Å². The van der Waals surface area contributed by atoms with Crippen LogP contribution in [-0.4, -0.2) is 13.1 Å². The van der Waals surface area contributed by atoms with Crippen LogP contribution in [0.15, 0.2) is 12.7 Å². The van der Waals surface area contributed by atoms with Gasteiger partial charge in [-0.25, -0.2) is 0 Å². The Bertz CT molecular complexity index is 69.0. The van der Waals surface area contributed by atoms with Crippen LogP contribution in [0.2, 0.25) is 0 Å². The fourth-order valence-electron chi connectivity index (χ4n) is 0.930. The van der Waals surface area contributed by atoms with E-state index in [0.29, 0.717) is 6.04 Å². The summed E-state index contributed by atoms with van der Waals surface area (Å²) >= 11 is 0. The monoisotopic (exact) mass is 127 g/mol. The van der Waals surface area contributed by atoms with E-state index in [1.54, 1.807) is 0 Å². The van der Waals surface area contributed by atoms with Crippen LogP contribution in [0.1, 0.15) is 26.2 Å². The summed E-state index contributed by atoms with van der Waals surface area (Å²) in [6, 6.07) is 0.646. The van der Waals surface area contributed by atoms with Crippen molar-refractivity contribution < 1.29 is 0 Å². The molecule has 0 radical (unpaired) electrons. The van der Waals surface area contributed by atoms with Gasteiger partial charge < -0.3 is 5.32 Å². The molecule has 0 aromatic rings. The first-order valence-electron chi connectivity index (χ1n) is 3.63. The molecule has 0 rings (SSSR count). The van der Waals surface area contributed by atoms with Crippen molar-refractivity contribution in [1.82, 2.24) is 5.32 Å². The minimum Gasteiger partial charge on any atom is -0.317 e. The van der Waals surface area contributed by atoms with Gasteiger partial charge in [0.1, 0.15) is 0 Å². The molecular formula is C8H17N. The van der Waals surface area contributed by atoms with Gasteiger partial charge in [-0.15, -0.1) is 6.58 Å². The van der Waals surface area contributed by atoms with E-state index in [-0.39, 0.29) is 0 Å². The molecule has 0 aliphatic heterocycles. The van der Waals surface area contributed by atoms with Crippen molar-refractivity contribution in [2.24, 2.45) is 0 Å². The Morgan fingerprint density at radius 1 is 1.67 bits per heavy atom. The van der Waals surface area contributed by atoms with Gasteiger partial charge in [0.05, 0.1) is 0 Å². The van der Waals surface area contributed by atoms with Gasteiger partial charge in [0.2, 0.25) is 0 Å². The summed E-state index contributed by atoms with van der Waals surface area (Å²) in [5.74, 6) is 0. The lowest BCUT2D eigenvalue weighted by atomic mass is 10.1. The molecule has 1 atom stereocenters. The van der Waals surface area contributed by atoms with Crippen LogP contribution in [0.5, 0.6) is 0 Å². The average Bonchev–Trinajstić information content (AvgIpc) is 1.88. The van der Waals surface area contributed by atoms with Gasteiger partial charge in [0, 0.05) is 6.04 Å². The zero-order valence-electron chi connectivity index (χ0n) is 6.48. The number of nitrogens with one attached hydrogen (secondary N) is 1. The molecule has 1 heteroatoms. The predicted molar refractivity (Wildman–Crippen MR) is 42.6 cm³/mol.